The van der Waals surface area contributed by atoms with Crippen LogP contribution in [0.4, 0.5) is 10.2 Å². The highest BCUT2D eigenvalue weighted by molar-refractivity contribution is 9.10. The average Bonchev–Trinajstić information content (AvgIpc) is 2.35. The van der Waals surface area contributed by atoms with E-state index in [0.717, 1.165) is 6.07 Å². The molecule has 1 N–H and O–H groups in total. The molecule has 100 valence electrons. The van der Waals surface area contributed by atoms with E-state index in [1.54, 1.807) is 6.92 Å². The van der Waals surface area contributed by atoms with Crippen molar-refractivity contribution in [2.24, 2.45) is 0 Å². The maximum absolute atomic E-state index is 13.6. The van der Waals surface area contributed by atoms with Crippen molar-refractivity contribution in [2.75, 3.05) is 4.72 Å². The molecule has 0 bridgehead atoms. The number of hydrogen-bond donors (Lipinski definition) is 1. The van der Waals surface area contributed by atoms with Gasteiger partial charge in [-0.05, 0) is 40.5 Å². The Labute approximate surface area is 118 Å². The van der Waals surface area contributed by atoms with E-state index in [1.165, 1.54) is 24.5 Å². The summed E-state index contributed by atoms with van der Waals surface area (Å²) in [4.78, 5) is 7.23. The van der Waals surface area contributed by atoms with Crippen LogP contribution in [-0.4, -0.2) is 18.4 Å². The molecule has 2 aromatic rings. The molecule has 0 radical (unpaired) electrons. The molecule has 0 aliphatic carbocycles. The fourth-order valence-electron chi connectivity index (χ4n) is 1.37. The van der Waals surface area contributed by atoms with Crippen molar-refractivity contribution >= 4 is 31.8 Å². The summed E-state index contributed by atoms with van der Waals surface area (Å²) in [7, 11) is -4.02. The summed E-state index contributed by atoms with van der Waals surface area (Å²) in [6.07, 6.45) is 2.57. The van der Waals surface area contributed by atoms with Crippen LogP contribution in [0.1, 0.15) is 5.56 Å². The van der Waals surface area contributed by atoms with Gasteiger partial charge in [-0.25, -0.2) is 22.8 Å². The summed E-state index contributed by atoms with van der Waals surface area (Å²) in [5.41, 5.74) is 0.642. The van der Waals surface area contributed by atoms with Crippen molar-refractivity contribution in [3.05, 3.63) is 46.6 Å². The second-order valence-corrected chi connectivity index (χ2v) is 6.23. The molecule has 0 atom stereocenters. The molecule has 8 heteroatoms. The van der Waals surface area contributed by atoms with Gasteiger partial charge in [-0.2, -0.15) is 0 Å². The van der Waals surface area contributed by atoms with E-state index in [0.29, 0.717) is 10.2 Å². The van der Waals surface area contributed by atoms with Gasteiger partial charge >= 0.3 is 0 Å². The van der Waals surface area contributed by atoms with Crippen molar-refractivity contribution in [1.82, 2.24) is 9.97 Å². The molecular weight excluding hydrogens is 337 g/mol. The normalized spacial score (nSPS) is 11.3. The average molecular weight is 346 g/mol. The highest BCUT2D eigenvalue weighted by Crippen LogP contribution is 2.19. The molecule has 1 heterocycles. The number of halogens is 2. The summed E-state index contributed by atoms with van der Waals surface area (Å²) in [6.45, 7) is 1.68. The zero-order valence-corrected chi connectivity index (χ0v) is 12.2. The first kappa shape index (κ1) is 13.9. The van der Waals surface area contributed by atoms with Gasteiger partial charge in [0.2, 0.25) is 0 Å². The lowest BCUT2D eigenvalue weighted by Gasteiger charge is -2.08. The van der Waals surface area contributed by atoms with Crippen LogP contribution in [0.25, 0.3) is 0 Å². The topological polar surface area (TPSA) is 72.0 Å². The van der Waals surface area contributed by atoms with E-state index in [9.17, 15) is 12.8 Å². The summed E-state index contributed by atoms with van der Waals surface area (Å²) in [6, 6.07) is 3.86. The monoisotopic (exact) mass is 345 g/mol. The summed E-state index contributed by atoms with van der Waals surface area (Å²) in [5.74, 6) is -0.799. The van der Waals surface area contributed by atoms with Gasteiger partial charge in [0.15, 0.2) is 5.82 Å². The van der Waals surface area contributed by atoms with Crippen LogP contribution in [-0.2, 0) is 10.0 Å². The number of nitrogens with zero attached hydrogens (tertiary/aromatic N) is 2. The minimum atomic E-state index is -4.02. The molecule has 0 saturated carbocycles. The Kier molecular flexibility index (Phi) is 3.81. The van der Waals surface area contributed by atoms with E-state index in [4.69, 9.17) is 0 Å². The Balaban J connectivity index is 2.37. The van der Waals surface area contributed by atoms with Gasteiger partial charge in [0.25, 0.3) is 10.0 Å². The number of aryl methyl sites for hydroxylation is 1. The second-order valence-electron chi connectivity index (χ2n) is 3.76. The van der Waals surface area contributed by atoms with Gasteiger partial charge in [-0.1, -0.05) is 6.07 Å². The van der Waals surface area contributed by atoms with Crippen molar-refractivity contribution in [1.29, 1.82) is 0 Å². The smallest absolute Gasteiger partial charge is 0.262 e. The van der Waals surface area contributed by atoms with Crippen LogP contribution in [0.15, 0.2) is 40.1 Å². The predicted molar refractivity (Wildman–Crippen MR) is 71.7 cm³/mol. The Morgan fingerprint density at radius 2 is 2.00 bits per heavy atom. The lowest BCUT2D eigenvalue weighted by Crippen LogP contribution is -2.15. The van der Waals surface area contributed by atoms with Crippen LogP contribution < -0.4 is 4.72 Å². The van der Waals surface area contributed by atoms with Crippen LogP contribution in [0.5, 0.6) is 0 Å². The lowest BCUT2D eigenvalue weighted by atomic mass is 10.2. The molecule has 0 spiro atoms. The van der Waals surface area contributed by atoms with Gasteiger partial charge in [0.1, 0.15) is 15.3 Å². The van der Waals surface area contributed by atoms with Gasteiger partial charge in [-0.3, -0.25) is 4.72 Å². The Morgan fingerprint density at radius 1 is 1.26 bits per heavy atom. The quantitative estimate of drug-likeness (QED) is 0.927. The van der Waals surface area contributed by atoms with Crippen molar-refractivity contribution in [3.8, 4) is 0 Å². The number of rotatable bonds is 3. The highest BCUT2D eigenvalue weighted by atomic mass is 79.9. The molecule has 1 aromatic heterocycles. The molecule has 0 saturated heterocycles. The molecule has 0 unspecified atom stereocenters. The van der Waals surface area contributed by atoms with Gasteiger partial charge in [0.05, 0.1) is 12.4 Å². The molecule has 19 heavy (non-hydrogen) atoms. The van der Waals surface area contributed by atoms with E-state index in [1.807, 2.05) is 0 Å². The predicted octanol–water partition coefficient (Wildman–Crippen LogP) is 2.49. The van der Waals surface area contributed by atoms with Gasteiger partial charge < -0.3 is 0 Å². The third-order valence-electron chi connectivity index (χ3n) is 2.24. The summed E-state index contributed by atoms with van der Waals surface area (Å²) in [5, 5.41) is 0. The first-order valence-electron chi connectivity index (χ1n) is 5.15. The molecule has 0 aliphatic rings. The number of hydrogen-bond acceptors (Lipinski definition) is 4. The lowest BCUT2D eigenvalue weighted by molar-refractivity contribution is 0.569. The minimum Gasteiger partial charge on any atom is -0.262 e. The Morgan fingerprint density at radius 3 is 2.63 bits per heavy atom. The van der Waals surface area contributed by atoms with Gasteiger partial charge in [-0.15, -0.1) is 0 Å². The van der Waals surface area contributed by atoms with Gasteiger partial charge in [0, 0.05) is 0 Å². The van der Waals surface area contributed by atoms with E-state index < -0.39 is 20.7 Å². The maximum atomic E-state index is 13.6. The van der Waals surface area contributed by atoms with Crippen LogP contribution in [0.3, 0.4) is 0 Å². The standard InChI is InChI=1S/C11H9BrFN3O2S/c1-7-2-3-8(13)9(4-7)19(17,18)16-11-6-14-10(12)5-15-11/h2-6H,1H3,(H,15,16). The van der Waals surface area contributed by atoms with E-state index >= 15 is 0 Å². The number of benzene rings is 1. The molecule has 1 aromatic carbocycles. The van der Waals surface area contributed by atoms with Crippen molar-refractivity contribution < 1.29 is 12.8 Å². The fraction of sp³-hybridized carbons (Fsp3) is 0.0909. The van der Waals surface area contributed by atoms with E-state index in [2.05, 4.69) is 30.6 Å². The molecule has 0 fully saturated rings. The number of nitrogens with one attached hydrogen (secondary N) is 1. The first-order chi connectivity index (χ1) is 8.88. The highest BCUT2D eigenvalue weighted by Gasteiger charge is 2.19. The van der Waals surface area contributed by atoms with Crippen molar-refractivity contribution in [3.63, 3.8) is 0 Å². The SMILES string of the molecule is Cc1ccc(F)c(S(=O)(=O)Nc2cnc(Br)cn2)c1. The molecule has 2 rings (SSSR count). The Bertz CT molecular complexity index is 704. The molecule has 5 nitrogen and oxygen atoms in total. The van der Waals surface area contributed by atoms with Crippen molar-refractivity contribution in [2.45, 2.75) is 11.8 Å². The fourth-order valence-corrected chi connectivity index (χ4v) is 2.74. The minimum absolute atomic E-state index is 0.0177. The largest absolute Gasteiger partial charge is 0.266 e. The summed E-state index contributed by atoms with van der Waals surface area (Å²) >= 11 is 3.08. The number of anilines is 1. The number of aromatic nitrogens is 2. The molecule has 0 aliphatic heterocycles. The van der Waals surface area contributed by atoms with Crippen LogP contribution >= 0.6 is 15.9 Å². The zero-order chi connectivity index (χ0) is 14.0. The zero-order valence-electron chi connectivity index (χ0n) is 9.76. The first-order valence-corrected chi connectivity index (χ1v) is 7.42. The molecule has 0 amide bonds. The second kappa shape index (κ2) is 5.22. The van der Waals surface area contributed by atoms with Crippen LogP contribution in [0, 0.1) is 12.7 Å². The third-order valence-corrected chi connectivity index (χ3v) is 4.01. The Hall–Kier alpha value is -1.54. The molecular formula is C11H9BrFN3O2S. The summed E-state index contributed by atoms with van der Waals surface area (Å²) < 4.78 is 40.3. The van der Waals surface area contributed by atoms with E-state index in [-0.39, 0.29) is 5.82 Å². The number of sulfonamides is 1. The van der Waals surface area contributed by atoms with Crippen LogP contribution in [0.2, 0.25) is 0 Å². The maximum Gasteiger partial charge on any atom is 0.266 e. The third kappa shape index (κ3) is 3.27.